The van der Waals surface area contributed by atoms with Crippen LogP contribution in [0.4, 0.5) is 18.9 Å². The molecule has 0 unspecified atom stereocenters. The molecule has 25 heavy (non-hydrogen) atoms. The number of aromatic hydroxyl groups is 1. The molecular weight excluding hydrogens is 367 g/mol. The van der Waals surface area contributed by atoms with Crippen molar-refractivity contribution < 1.29 is 41.3 Å². The van der Waals surface area contributed by atoms with Crippen LogP contribution in [0.1, 0.15) is 10.4 Å². The van der Waals surface area contributed by atoms with Crippen LogP contribution in [0, 0.1) is 0 Å². The maximum atomic E-state index is 12.2. The minimum atomic E-state index is -4.90. The zero-order chi connectivity index (χ0) is 18.8. The highest BCUT2D eigenvalue weighted by atomic mass is 32.2. The number of hydrogen-bond acceptors (Lipinski definition) is 5. The number of carbonyl (C=O) groups is 1. The van der Waals surface area contributed by atoms with E-state index in [1.807, 2.05) is 0 Å². The number of anilines is 1. The lowest BCUT2D eigenvalue weighted by atomic mass is 10.2. The lowest BCUT2D eigenvalue weighted by Crippen LogP contribution is -2.17. The van der Waals surface area contributed by atoms with E-state index < -0.39 is 39.4 Å². The van der Waals surface area contributed by atoms with E-state index >= 15 is 0 Å². The molecule has 0 saturated heterocycles. The number of hydrogen-bond donors (Lipinski definition) is 3. The Morgan fingerprint density at radius 2 is 1.68 bits per heavy atom. The molecule has 0 aliphatic carbocycles. The van der Waals surface area contributed by atoms with Crippen molar-refractivity contribution in [3.63, 3.8) is 0 Å². The van der Waals surface area contributed by atoms with Crippen molar-refractivity contribution in [1.29, 1.82) is 0 Å². The van der Waals surface area contributed by atoms with Gasteiger partial charge in [-0.05, 0) is 36.4 Å². The van der Waals surface area contributed by atoms with Gasteiger partial charge in [0.2, 0.25) is 0 Å². The molecule has 134 valence electrons. The molecular formula is C14H10F3NO6S. The summed E-state index contributed by atoms with van der Waals surface area (Å²) in [5, 5.41) is 18.3. The fourth-order valence-corrected chi connectivity index (χ4v) is 2.86. The maximum Gasteiger partial charge on any atom is 0.573 e. The molecule has 0 aliphatic rings. The van der Waals surface area contributed by atoms with E-state index in [1.54, 1.807) is 0 Å². The third-order valence-corrected chi connectivity index (χ3v) is 4.25. The molecule has 2 rings (SSSR count). The molecule has 0 amide bonds. The van der Waals surface area contributed by atoms with Gasteiger partial charge in [0.05, 0.1) is 10.6 Å². The Balaban J connectivity index is 2.22. The van der Waals surface area contributed by atoms with E-state index in [-0.39, 0.29) is 10.6 Å². The minimum Gasteiger partial charge on any atom is -0.507 e. The van der Waals surface area contributed by atoms with Crippen molar-refractivity contribution >= 4 is 21.7 Å². The largest absolute Gasteiger partial charge is 0.573 e. The summed E-state index contributed by atoms with van der Waals surface area (Å²) in [6.45, 7) is 0. The number of sulfonamides is 1. The van der Waals surface area contributed by atoms with Crippen LogP contribution in [0.3, 0.4) is 0 Å². The molecule has 0 bridgehead atoms. The molecule has 2 aromatic carbocycles. The minimum absolute atomic E-state index is 0.127. The summed E-state index contributed by atoms with van der Waals surface area (Å²) in [5.74, 6) is -2.64. The number of benzene rings is 2. The number of rotatable bonds is 5. The quantitative estimate of drug-likeness (QED) is 0.739. The fraction of sp³-hybridized carbons (Fsp3) is 0.0714. The molecule has 2 aromatic rings. The first-order valence-corrected chi connectivity index (χ1v) is 7.91. The van der Waals surface area contributed by atoms with Crippen LogP contribution >= 0.6 is 0 Å². The molecule has 3 N–H and O–H groups in total. The first-order chi connectivity index (χ1) is 11.5. The predicted octanol–water partition coefficient (Wildman–Crippen LogP) is 2.79. The molecule has 0 aliphatic heterocycles. The van der Waals surface area contributed by atoms with Crippen LogP contribution in [0.25, 0.3) is 0 Å². The van der Waals surface area contributed by atoms with Crippen molar-refractivity contribution in [2.24, 2.45) is 0 Å². The standard InChI is InChI=1S/C14H10F3NO6S/c15-14(16,17)24-9-2-4-10(5-3-9)25(22,23)18-8-1-6-11(13(20)21)12(19)7-8/h1-7,18-19H,(H,20,21). The van der Waals surface area contributed by atoms with Crippen LogP contribution in [-0.2, 0) is 10.0 Å². The van der Waals surface area contributed by atoms with Crippen LogP contribution in [0.2, 0.25) is 0 Å². The van der Waals surface area contributed by atoms with Crippen molar-refractivity contribution in [1.82, 2.24) is 0 Å². The Bertz CT molecular complexity index is 894. The number of ether oxygens (including phenoxy) is 1. The van der Waals surface area contributed by atoms with Gasteiger partial charge in [-0.25, -0.2) is 13.2 Å². The molecule has 11 heteroatoms. The van der Waals surface area contributed by atoms with Gasteiger partial charge in [0.15, 0.2) is 0 Å². The second-order valence-electron chi connectivity index (χ2n) is 4.66. The first kappa shape index (κ1) is 18.4. The normalized spacial score (nSPS) is 11.8. The number of alkyl halides is 3. The monoisotopic (exact) mass is 377 g/mol. The number of halogens is 3. The number of carboxylic acids is 1. The number of phenols is 1. The average molecular weight is 377 g/mol. The molecule has 0 aromatic heterocycles. The third-order valence-electron chi connectivity index (χ3n) is 2.85. The van der Waals surface area contributed by atoms with E-state index in [9.17, 15) is 31.5 Å². The van der Waals surface area contributed by atoms with Gasteiger partial charge < -0.3 is 14.9 Å². The zero-order valence-corrected chi connectivity index (χ0v) is 12.9. The zero-order valence-electron chi connectivity index (χ0n) is 12.1. The molecule has 7 nitrogen and oxygen atoms in total. The number of carboxylic acid groups (broad SMARTS) is 1. The molecule has 0 spiro atoms. The maximum absolute atomic E-state index is 12.2. The molecule has 0 heterocycles. The third kappa shape index (κ3) is 4.76. The summed E-state index contributed by atoms with van der Waals surface area (Å²) in [5.41, 5.74) is -0.547. The average Bonchev–Trinajstić information content (AvgIpc) is 2.45. The molecule has 0 saturated carbocycles. The van der Waals surface area contributed by atoms with E-state index in [0.29, 0.717) is 0 Å². The summed E-state index contributed by atoms with van der Waals surface area (Å²) in [6, 6.07) is 6.45. The first-order valence-electron chi connectivity index (χ1n) is 6.43. The highest BCUT2D eigenvalue weighted by Crippen LogP contribution is 2.26. The highest BCUT2D eigenvalue weighted by molar-refractivity contribution is 7.92. The molecule has 0 radical (unpaired) electrons. The van der Waals surface area contributed by atoms with Crippen molar-refractivity contribution in [3.8, 4) is 11.5 Å². The van der Waals surface area contributed by atoms with Crippen LogP contribution in [-0.4, -0.2) is 31.0 Å². The van der Waals surface area contributed by atoms with Gasteiger partial charge in [0.1, 0.15) is 17.1 Å². The smallest absolute Gasteiger partial charge is 0.507 e. The van der Waals surface area contributed by atoms with Crippen molar-refractivity contribution in [2.75, 3.05) is 4.72 Å². The molecule has 0 atom stereocenters. The lowest BCUT2D eigenvalue weighted by Gasteiger charge is -2.11. The van der Waals surface area contributed by atoms with Gasteiger partial charge in [0.25, 0.3) is 10.0 Å². The van der Waals surface area contributed by atoms with Gasteiger partial charge in [-0.15, -0.1) is 13.2 Å². The second-order valence-corrected chi connectivity index (χ2v) is 6.34. The van der Waals surface area contributed by atoms with Gasteiger partial charge in [-0.2, -0.15) is 0 Å². The van der Waals surface area contributed by atoms with E-state index in [2.05, 4.69) is 9.46 Å². The summed E-state index contributed by atoms with van der Waals surface area (Å²) < 4.78 is 66.2. The summed E-state index contributed by atoms with van der Waals surface area (Å²) in [6.07, 6.45) is -4.90. The van der Waals surface area contributed by atoms with Crippen molar-refractivity contribution in [3.05, 3.63) is 48.0 Å². The van der Waals surface area contributed by atoms with Gasteiger partial charge >= 0.3 is 12.3 Å². The number of nitrogens with one attached hydrogen (secondary N) is 1. The van der Waals surface area contributed by atoms with Crippen LogP contribution in [0.15, 0.2) is 47.4 Å². The highest BCUT2D eigenvalue weighted by Gasteiger charge is 2.31. The van der Waals surface area contributed by atoms with Gasteiger partial charge in [0, 0.05) is 6.07 Å². The van der Waals surface area contributed by atoms with Gasteiger partial charge in [-0.1, -0.05) is 0 Å². The topological polar surface area (TPSA) is 113 Å². The fourth-order valence-electron chi connectivity index (χ4n) is 1.81. The number of aromatic carboxylic acids is 1. The summed E-state index contributed by atoms with van der Waals surface area (Å²) >= 11 is 0. The lowest BCUT2D eigenvalue weighted by molar-refractivity contribution is -0.274. The van der Waals surface area contributed by atoms with Crippen molar-refractivity contribution in [2.45, 2.75) is 11.3 Å². The summed E-state index contributed by atoms with van der Waals surface area (Å²) in [7, 11) is -4.17. The SMILES string of the molecule is O=C(O)c1ccc(NS(=O)(=O)c2ccc(OC(F)(F)F)cc2)cc1O. The van der Waals surface area contributed by atoms with E-state index in [0.717, 1.165) is 42.5 Å². The second kappa shape index (κ2) is 6.51. The predicted molar refractivity (Wildman–Crippen MR) is 79.0 cm³/mol. The Labute approximate surface area is 139 Å². The Kier molecular flexibility index (Phi) is 4.79. The van der Waals surface area contributed by atoms with Gasteiger partial charge in [-0.3, -0.25) is 4.72 Å². The van der Waals surface area contributed by atoms with E-state index in [4.69, 9.17) is 5.11 Å². The van der Waals surface area contributed by atoms with Crippen LogP contribution in [0.5, 0.6) is 11.5 Å². The molecule has 0 fully saturated rings. The summed E-state index contributed by atoms with van der Waals surface area (Å²) in [4.78, 5) is 10.4. The Morgan fingerprint density at radius 3 is 2.16 bits per heavy atom. The Hall–Kier alpha value is -2.95. The Morgan fingerprint density at radius 1 is 1.08 bits per heavy atom. The van der Waals surface area contributed by atoms with E-state index in [1.165, 1.54) is 0 Å². The van der Waals surface area contributed by atoms with Crippen LogP contribution < -0.4 is 9.46 Å².